The lowest BCUT2D eigenvalue weighted by molar-refractivity contribution is 0.694. The Hall–Kier alpha value is -1.32. The van der Waals surface area contributed by atoms with Crippen LogP contribution in [-0.2, 0) is 10.2 Å². The maximum atomic E-state index is 8.91. The lowest BCUT2D eigenvalue weighted by atomic mass is 9.82. The molecule has 0 N–H and O–H groups in total. The first kappa shape index (κ1) is 16.7. The SMILES string of the molecule is [B]CC(C)(SC#N)c1ccc(C(C)(C)C#CCC)cc1. The Morgan fingerprint density at radius 2 is 1.70 bits per heavy atom. The van der Waals surface area contributed by atoms with Gasteiger partial charge in [0.05, 0.1) is 13.3 Å². The maximum absolute atomic E-state index is 8.91. The average molecular weight is 281 g/mol. The molecule has 20 heavy (non-hydrogen) atoms. The van der Waals surface area contributed by atoms with E-state index in [1.807, 2.05) is 6.92 Å². The van der Waals surface area contributed by atoms with Crippen molar-refractivity contribution in [2.75, 3.05) is 0 Å². The third kappa shape index (κ3) is 3.84. The molecular weight excluding hydrogens is 261 g/mol. The molecule has 0 aromatic heterocycles. The summed E-state index contributed by atoms with van der Waals surface area (Å²) in [6.45, 7) is 8.30. The fraction of sp³-hybridized carbons (Fsp3) is 0.471. The number of hydrogen-bond acceptors (Lipinski definition) is 2. The van der Waals surface area contributed by atoms with Crippen LogP contribution in [0.4, 0.5) is 0 Å². The summed E-state index contributed by atoms with van der Waals surface area (Å²) >= 11 is 1.21. The third-order valence-corrected chi connectivity index (χ3v) is 4.40. The zero-order valence-corrected chi connectivity index (χ0v) is 13.5. The Labute approximate surface area is 128 Å². The van der Waals surface area contributed by atoms with Gasteiger partial charge < -0.3 is 0 Å². The van der Waals surface area contributed by atoms with Crippen LogP contribution in [0.1, 0.15) is 45.2 Å². The zero-order chi connectivity index (χ0) is 15.2. The summed E-state index contributed by atoms with van der Waals surface area (Å²) in [6, 6.07) is 8.29. The molecule has 0 aliphatic rings. The molecule has 2 radical (unpaired) electrons. The molecule has 1 unspecified atom stereocenters. The number of hydrogen-bond donors (Lipinski definition) is 0. The largest absolute Gasteiger partial charge is 0.185 e. The van der Waals surface area contributed by atoms with Crippen LogP contribution in [0.5, 0.6) is 0 Å². The van der Waals surface area contributed by atoms with Gasteiger partial charge in [0.2, 0.25) is 0 Å². The second-order valence-corrected chi connectivity index (χ2v) is 6.77. The van der Waals surface area contributed by atoms with Crippen LogP contribution in [0.25, 0.3) is 0 Å². The first-order chi connectivity index (χ1) is 9.39. The quantitative estimate of drug-likeness (QED) is 0.464. The predicted octanol–water partition coefficient (Wildman–Crippen LogP) is 4.39. The molecule has 0 amide bonds. The van der Waals surface area contributed by atoms with Gasteiger partial charge in [-0.25, -0.2) is 0 Å². The van der Waals surface area contributed by atoms with Gasteiger partial charge in [-0.15, -0.1) is 5.92 Å². The second-order valence-electron chi connectivity index (χ2n) is 5.49. The number of thioether (sulfide) groups is 1. The molecule has 102 valence electrons. The van der Waals surface area contributed by atoms with Gasteiger partial charge in [0, 0.05) is 11.2 Å². The smallest absolute Gasteiger partial charge is 0.134 e. The summed E-state index contributed by atoms with van der Waals surface area (Å²) in [5.41, 5.74) is 2.11. The topological polar surface area (TPSA) is 23.8 Å². The highest BCUT2D eigenvalue weighted by Gasteiger charge is 2.26. The van der Waals surface area contributed by atoms with E-state index >= 15 is 0 Å². The van der Waals surface area contributed by atoms with E-state index in [1.165, 1.54) is 17.3 Å². The molecule has 0 bridgehead atoms. The standard InChI is InChI=1S/C17H20BNS/c1-5-6-11-16(2,3)14-7-9-15(10-8-14)17(4,12-18)20-13-19/h7-10H,5,12H2,1-4H3. The van der Waals surface area contributed by atoms with Crippen molar-refractivity contribution in [1.82, 2.24) is 0 Å². The molecule has 1 nitrogen and oxygen atoms in total. The van der Waals surface area contributed by atoms with Gasteiger partial charge in [0.15, 0.2) is 0 Å². The Kier molecular flexibility index (Phi) is 5.79. The number of thiocyanates is 1. The van der Waals surface area contributed by atoms with Crippen LogP contribution < -0.4 is 0 Å². The first-order valence-corrected chi connectivity index (χ1v) is 7.59. The number of benzene rings is 1. The average Bonchev–Trinajstić information content (AvgIpc) is 2.45. The molecule has 0 saturated heterocycles. The normalized spacial score (nSPS) is 13.8. The van der Waals surface area contributed by atoms with Crippen LogP contribution in [0.15, 0.2) is 24.3 Å². The molecule has 1 aromatic carbocycles. The van der Waals surface area contributed by atoms with E-state index in [0.717, 1.165) is 12.0 Å². The molecule has 0 saturated carbocycles. The summed E-state index contributed by atoms with van der Waals surface area (Å²) in [4.78, 5) is 0. The zero-order valence-electron chi connectivity index (χ0n) is 12.7. The number of nitrogens with zero attached hydrogens (tertiary/aromatic N) is 1. The predicted molar refractivity (Wildman–Crippen MR) is 88.7 cm³/mol. The van der Waals surface area contributed by atoms with Crippen molar-refractivity contribution in [3.63, 3.8) is 0 Å². The monoisotopic (exact) mass is 281 g/mol. The highest BCUT2D eigenvalue weighted by molar-refractivity contribution is 8.04. The van der Waals surface area contributed by atoms with Crippen molar-refractivity contribution in [2.45, 2.75) is 50.6 Å². The summed E-state index contributed by atoms with van der Waals surface area (Å²) in [5.74, 6) is 6.44. The van der Waals surface area contributed by atoms with Crippen molar-refractivity contribution in [3.05, 3.63) is 35.4 Å². The molecule has 1 atom stereocenters. The number of nitriles is 1. The van der Waals surface area contributed by atoms with Crippen LogP contribution in [0.3, 0.4) is 0 Å². The van der Waals surface area contributed by atoms with E-state index in [4.69, 9.17) is 13.1 Å². The summed E-state index contributed by atoms with van der Waals surface area (Å²) in [5, 5.41) is 11.1. The minimum atomic E-state index is -0.355. The van der Waals surface area contributed by atoms with E-state index in [9.17, 15) is 0 Å². The fourth-order valence-corrected chi connectivity index (χ4v) is 2.48. The van der Waals surface area contributed by atoms with Crippen molar-refractivity contribution in [2.24, 2.45) is 0 Å². The van der Waals surface area contributed by atoms with Gasteiger partial charge >= 0.3 is 0 Å². The van der Waals surface area contributed by atoms with Crippen molar-refractivity contribution in [1.29, 1.82) is 5.26 Å². The van der Waals surface area contributed by atoms with Crippen LogP contribution in [-0.4, -0.2) is 7.85 Å². The molecule has 0 aliphatic carbocycles. The highest BCUT2D eigenvalue weighted by Crippen LogP contribution is 2.39. The molecule has 3 heteroatoms. The molecule has 0 aliphatic heterocycles. The van der Waals surface area contributed by atoms with Crippen molar-refractivity contribution < 1.29 is 0 Å². The fourth-order valence-electron chi connectivity index (χ4n) is 1.94. The number of rotatable bonds is 4. The minimum Gasteiger partial charge on any atom is -0.185 e. The van der Waals surface area contributed by atoms with E-state index < -0.39 is 0 Å². The summed E-state index contributed by atoms with van der Waals surface area (Å²) in [7, 11) is 5.82. The molecule has 0 spiro atoms. The maximum Gasteiger partial charge on any atom is 0.134 e. The van der Waals surface area contributed by atoms with Gasteiger partial charge in [0.25, 0.3) is 0 Å². The van der Waals surface area contributed by atoms with E-state index in [1.54, 1.807) is 0 Å². The molecule has 1 rings (SSSR count). The van der Waals surface area contributed by atoms with Crippen LogP contribution >= 0.6 is 11.8 Å². The van der Waals surface area contributed by atoms with E-state index in [-0.39, 0.29) is 10.2 Å². The second kappa shape index (κ2) is 6.91. The summed E-state index contributed by atoms with van der Waals surface area (Å²) < 4.78 is -0.355. The highest BCUT2D eigenvalue weighted by atomic mass is 32.2. The first-order valence-electron chi connectivity index (χ1n) is 6.78. The van der Waals surface area contributed by atoms with Crippen LogP contribution in [0.2, 0.25) is 6.32 Å². The minimum absolute atomic E-state index is 0.157. The van der Waals surface area contributed by atoms with Gasteiger partial charge in [-0.3, -0.25) is 0 Å². The third-order valence-electron chi connectivity index (χ3n) is 3.46. The van der Waals surface area contributed by atoms with Crippen LogP contribution in [0, 0.1) is 22.5 Å². The Morgan fingerprint density at radius 1 is 1.15 bits per heavy atom. The Balaban J connectivity index is 3.08. The molecule has 0 fully saturated rings. The summed E-state index contributed by atoms with van der Waals surface area (Å²) in [6.07, 6.45) is 1.30. The molecule has 0 heterocycles. The van der Waals surface area contributed by atoms with Gasteiger partial charge in [-0.05, 0) is 43.7 Å². The van der Waals surface area contributed by atoms with Crippen molar-refractivity contribution >= 4 is 19.6 Å². The van der Waals surface area contributed by atoms with E-state index in [2.05, 4.69) is 62.3 Å². The lowest BCUT2D eigenvalue weighted by Gasteiger charge is -2.26. The van der Waals surface area contributed by atoms with Gasteiger partial charge in [-0.2, -0.15) is 5.26 Å². The Morgan fingerprint density at radius 3 is 2.15 bits per heavy atom. The molecule has 1 aromatic rings. The Bertz CT molecular complexity index is 545. The lowest BCUT2D eigenvalue weighted by Crippen LogP contribution is -2.18. The van der Waals surface area contributed by atoms with Crippen molar-refractivity contribution in [3.8, 4) is 17.2 Å². The molecular formula is C17H20BNS. The van der Waals surface area contributed by atoms with E-state index in [0.29, 0.717) is 6.32 Å². The van der Waals surface area contributed by atoms with Gasteiger partial charge in [0.1, 0.15) is 5.40 Å². The van der Waals surface area contributed by atoms with Gasteiger partial charge in [-0.1, -0.05) is 43.4 Å².